The molecular formula is C17H19F3IN3O. The van der Waals surface area contributed by atoms with Crippen molar-refractivity contribution < 1.29 is 17.9 Å². The number of hydrogen-bond acceptors (Lipinski definition) is 2. The summed E-state index contributed by atoms with van der Waals surface area (Å²) in [7, 11) is 0. The highest BCUT2D eigenvalue weighted by Gasteiger charge is 2.32. The number of halogens is 4. The van der Waals surface area contributed by atoms with Crippen molar-refractivity contribution in [2.24, 2.45) is 10.7 Å². The number of aliphatic imine (C=N–C) groups is 1. The van der Waals surface area contributed by atoms with Crippen LogP contribution in [0.2, 0.25) is 0 Å². The Bertz CT molecular complexity index is 703. The van der Waals surface area contributed by atoms with Crippen molar-refractivity contribution in [2.45, 2.75) is 19.7 Å². The highest BCUT2D eigenvalue weighted by Crippen LogP contribution is 2.29. The van der Waals surface area contributed by atoms with Crippen LogP contribution in [0.3, 0.4) is 0 Å². The van der Waals surface area contributed by atoms with Gasteiger partial charge in [0.25, 0.3) is 0 Å². The number of aryl methyl sites for hydroxylation is 1. The molecule has 0 amide bonds. The molecule has 3 N–H and O–H groups in total. The molecule has 2 aromatic rings. The predicted octanol–water partition coefficient (Wildman–Crippen LogP) is 4.48. The molecule has 0 saturated carbocycles. The number of para-hydroxylation sites is 2. The van der Waals surface area contributed by atoms with Crippen LogP contribution in [-0.2, 0) is 6.42 Å². The molecule has 4 nitrogen and oxygen atoms in total. The SMILES string of the molecule is Cc1ccc(CCN=C(N)Nc2ccccc2OC(F)(F)F)cc1.I. The molecule has 136 valence electrons. The molecule has 0 unspecified atom stereocenters. The minimum atomic E-state index is -4.77. The first kappa shape index (κ1) is 21.1. The zero-order valence-electron chi connectivity index (χ0n) is 13.5. The van der Waals surface area contributed by atoms with E-state index in [1.807, 2.05) is 31.2 Å². The smallest absolute Gasteiger partial charge is 0.404 e. The fraction of sp³-hybridized carbons (Fsp3) is 0.235. The van der Waals surface area contributed by atoms with Crippen LogP contribution in [0, 0.1) is 6.92 Å². The number of rotatable bonds is 5. The van der Waals surface area contributed by atoms with Gasteiger partial charge in [0.2, 0.25) is 0 Å². The fourth-order valence-corrected chi connectivity index (χ4v) is 2.02. The largest absolute Gasteiger partial charge is 0.573 e. The van der Waals surface area contributed by atoms with Crippen LogP contribution >= 0.6 is 24.0 Å². The molecule has 8 heteroatoms. The summed E-state index contributed by atoms with van der Waals surface area (Å²) >= 11 is 0. The maximum atomic E-state index is 12.4. The van der Waals surface area contributed by atoms with Crippen LogP contribution in [0.25, 0.3) is 0 Å². The number of nitrogens with one attached hydrogen (secondary N) is 1. The molecule has 0 fully saturated rings. The van der Waals surface area contributed by atoms with E-state index in [2.05, 4.69) is 15.0 Å². The van der Waals surface area contributed by atoms with Crippen molar-refractivity contribution >= 4 is 35.6 Å². The molecular weight excluding hydrogens is 446 g/mol. The van der Waals surface area contributed by atoms with E-state index in [0.717, 1.165) is 5.56 Å². The van der Waals surface area contributed by atoms with Gasteiger partial charge in [-0.1, -0.05) is 42.0 Å². The van der Waals surface area contributed by atoms with Crippen LogP contribution in [0.15, 0.2) is 53.5 Å². The number of alkyl halides is 3. The maximum absolute atomic E-state index is 12.4. The van der Waals surface area contributed by atoms with E-state index in [9.17, 15) is 13.2 Å². The molecule has 0 aliphatic rings. The minimum absolute atomic E-state index is 0. The zero-order chi connectivity index (χ0) is 17.6. The fourth-order valence-electron chi connectivity index (χ4n) is 2.02. The topological polar surface area (TPSA) is 59.6 Å². The minimum Gasteiger partial charge on any atom is -0.404 e. The summed E-state index contributed by atoms with van der Waals surface area (Å²) in [5.41, 5.74) is 8.11. The van der Waals surface area contributed by atoms with E-state index < -0.39 is 6.36 Å². The Kier molecular flexibility index (Phi) is 8.01. The Hall–Kier alpha value is -1.97. The van der Waals surface area contributed by atoms with E-state index in [1.54, 1.807) is 6.07 Å². The summed E-state index contributed by atoms with van der Waals surface area (Å²) in [5.74, 6) is -0.331. The first-order valence-electron chi connectivity index (χ1n) is 7.31. The lowest BCUT2D eigenvalue weighted by atomic mass is 10.1. The lowest BCUT2D eigenvalue weighted by Gasteiger charge is -2.14. The summed E-state index contributed by atoms with van der Waals surface area (Å²) in [6, 6.07) is 13.7. The van der Waals surface area contributed by atoms with Crippen molar-refractivity contribution in [3.05, 3.63) is 59.7 Å². The Morgan fingerprint density at radius 2 is 1.76 bits per heavy atom. The van der Waals surface area contributed by atoms with Gasteiger partial charge in [-0.2, -0.15) is 0 Å². The third-order valence-electron chi connectivity index (χ3n) is 3.18. The summed E-state index contributed by atoms with van der Waals surface area (Å²) in [4.78, 5) is 4.12. The van der Waals surface area contributed by atoms with Crippen LogP contribution in [0.5, 0.6) is 5.75 Å². The van der Waals surface area contributed by atoms with Gasteiger partial charge in [0.1, 0.15) is 0 Å². The Labute approximate surface area is 161 Å². The van der Waals surface area contributed by atoms with Gasteiger partial charge in [0.15, 0.2) is 11.7 Å². The molecule has 0 spiro atoms. The van der Waals surface area contributed by atoms with Gasteiger partial charge < -0.3 is 15.8 Å². The molecule has 0 aliphatic carbocycles. The Balaban J connectivity index is 0.00000312. The summed E-state index contributed by atoms with van der Waals surface area (Å²) in [5, 5.41) is 2.63. The van der Waals surface area contributed by atoms with Gasteiger partial charge in [-0.25, -0.2) is 0 Å². The van der Waals surface area contributed by atoms with Gasteiger partial charge in [-0.15, -0.1) is 37.1 Å². The first-order valence-corrected chi connectivity index (χ1v) is 7.31. The Morgan fingerprint density at radius 3 is 2.40 bits per heavy atom. The van der Waals surface area contributed by atoms with E-state index in [0.29, 0.717) is 13.0 Å². The van der Waals surface area contributed by atoms with Crippen LogP contribution in [0.4, 0.5) is 18.9 Å². The maximum Gasteiger partial charge on any atom is 0.573 e. The number of anilines is 1. The Morgan fingerprint density at radius 1 is 1.12 bits per heavy atom. The number of ether oxygens (including phenoxy) is 1. The van der Waals surface area contributed by atoms with Crippen molar-refractivity contribution in [1.82, 2.24) is 0 Å². The second-order valence-electron chi connectivity index (χ2n) is 5.17. The average molecular weight is 465 g/mol. The van der Waals surface area contributed by atoms with E-state index in [4.69, 9.17) is 5.73 Å². The molecule has 0 aromatic heterocycles. The normalized spacial score (nSPS) is 11.6. The van der Waals surface area contributed by atoms with E-state index in [-0.39, 0.29) is 41.4 Å². The van der Waals surface area contributed by atoms with Gasteiger partial charge >= 0.3 is 6.36 Å². The molecule has 0 bridgehead atoms. The van der Waals surface area contributed by atoms with Gasteiger partial charge in [-0.05, 0) is 31.0 Å². The number of guanidine groups is 1. The molecule has 0 saturated heterocycles. The predicted molar refractivity (Wildman–Crippen MR) is 104 cm³/mol. The molecule has 0 atom stereocenters. The lowest BCUT2D eigenvalue weighted by molar-refractivity contribution is -0.274. The first-order chi connectivity index (χ1) is 11.3. The number of hydrogen-bond donors (Lipinski definition) is 2. The molecule has 25 heavy (non-hydrogen) atoms. The second kappa shape index (κ2) is 9.50. The summed E-state index contributed by atoms with van der Waals surface area (Å²) < 4.78 is 41.0. The quantitative estimate of drug-likeness (QED) is 0.389. The van der Waals surface area contributed by atoms with E-state index in [1.165, 1.54) is 23.8 Å². The third-order valence-corrected chi connectivity index (χ3v) is 3.18. The lowest BCUT2D eigenvalue weighted by Crippen LogP contribution is -2.24. The average Bonchev–Trinajstić information content (AvgIpc) is 2.50. The summed E-state index contributed by atoms with van der Waals surface area (Å²) in [6.07, 6.45) is -4.08. The number of nitrogens with zero attached hydrogens (tertiary/aromatic N) is 1. The van der Waals surface area contributed by atoms with Gasteiger partial charge in [-0.3, -0.25) is 4.99 Å². The monoisotopic (exact) mass is 465 g/mol. The summed E-state index contributed by atoms with van der Waals surface area (Å²) in [6.45, 7) is 2.43. The van der Waals surface area contributed by atoms with Crippen LogP contribution < -0.4 is 15.8 Å². The van der Waals surface area contributed by atoms with Crippen molar-refractivity contribution in [2.75, 3.05) is 11.9 Å². The van der Waals surface area contributed by atoms with Crippen molar-refractivity contribution in [1.29, 1.82) is 0 Å². The van der Waals surface area contributed by atoms with Crippen LogP contribution in [0.1, 0.15) is 11.1 Å². The van der Waals surface area contributed by atoms with Gasteiger partial charge in [0.05, 0.1) is 5.69 Å². The zero-order valence-corrected chi connectivity index (χ0v) is 15.8. The van der Waals surface area contributed by atoms with Gasteiger partial charge in [0, 0.05) is 6.54 Å². The molecule has 2 aromatic carbocycles. The second-order valence-corrected chi connectivity index (χ2v) is 5.17. The van der Waals surface area contributed by atoms with Crippen molar-refractivity contribution in [3.8, 4) is 5.75 Å². The molecule has 0 radical (unpaired) electrons. The molecule has 0 aliphatic heterocycles. The number of nitrogens with two attached hydrogens (primary N) is 1. The van der Waals surface area contributed by atoms with E-state index >= 15 is 0 Å². The highest BCUT2D eigenvalue weighted by atomic mass is 127. The molecule has 2 rings (SSSR count). The molecule has 0 heterocycles. The highest BCUT2D eigenvalue weighted by molar-refractivity contribution is 14.0. The van der Waals surface area contributed by atoms with Crippen molar-refractivity contribution in [3.63, 3.8) is 0 Å². The number of benzene rings is 2. The standard InChI is InChI=1S/C17H18F3N3O.HI/c1-12-6-8-13(9-7-12)10-11-22-16(21)23-14-4-2-3-5-15(14)24-17(18,19)20;/h2-9H,10-11H2,1H3,(H3,21,22,23);1H. The van der Waals surface area contributed by atoms with Crippen LogP contribution in [-0.4, -0.2) is 18.9 Å². The third kappa shape index (κ3) is 7.63.